The molecule has 1 aliphatic carbocycles. The first-order valence-corrected chi connectivity index (χ1v) is 8.72. The van der Waals surface area contributed by atoms with Gasteiger partial charge >= 0.3 is 6.43 Å². The van der Waals surface area contributed by atoms with Crippen LogP contribution in [0.5, 0.6) is 0 Å². The first-order chi connectivity index (χ1) is 13.9. The molecule has 1 N–H and O–H groups in total. The highest BCUT2D eigenvalue weighted by molar-refractivity contribution is 5.94. The summed E-state index contributed by atoms with van der Waals surface area (Å²) < 4.78 is 55.3. The van der Waals surface area contributed by atoms with Gasteiger partial charge in [-0.1, -0.05) is 17.3 Å². The zero-order chi connectivity index (χ0) is 20.5. The summed E-state index contributed by atoms with van der Waals surface area (Å²) in [6.07, 6.45) is -3.17. The fourth-order valence-electron chi connectivity index (χ4n) is 3.30. The van der Waals surface area contributed by atoms with Gasteiger partial charge in [-0.2, -0.15) is 13.8 Å². The van der Waals surface area contributed by atoms with E-state index in [1.165, 1.54) is 12.3 Å². The summed E-state index contributed by atoms with van der Waals surface area (Å²) in [7, 11) is 0. The van der Waals surface area contributed by atoms with Crippen LogP contribution in [0.25, 0.3) is 11.4 Å². The molecule has 0 saturated carbocycles. The fraction of sp³-hybridized carbons (Fsp3) is 0.263. The maximum Gasteiger partial charge on any atom is 0.315 e. The number of halogens is 4. The average molecular weight is 406 g/mol. The van der Waals surface area contributed by atoms with E-state index in [1.54, 1.807) is 18.2 Å². The molecule has 0 bridgehead atoms. The molecule has 2 heterocycles. The van der Waals surface area contributed by atoms with Crippen LogP contribution in [-0.2, 0) is 6.42 Å². The van der Waals surface area contributed by atoms with Gasteiger partial charge in [-0.15, -0.1) is 0 Å². The van der Waals surface area contributed by atoms with Crippen molar-refractivity contribution in [2.45, 2.75) is 31.7 Å². The lowest BCUT2D eigenvalue weighted by molar-refractivity contribution is 0.0935. The molecular formula is C19H14F4N4O2. The van der Waals surface area contributed by atoms with Crippen LogP contribution in [0.3, 0.4) is 0 Å². The van der Waals surface area contributed by atoms with E-state index in [1.807, 2.05) is 0 Å². The molecule has 1 unspecified atom stereocenters. The molecule has 150 valence electrons. The molecule has 0 aliphatic heterocycles. The van der Waals surface area contributed by atoms with Crippen LogP contribution >= 0.6 is 0 Å². The van der Waals surface area contributed by atoms with Crippen molar-refractivity contribution in [3.05, 3.63) is 64.8 Å². The number of hydrogen-bond acceptors (Lipinski definition) is 5. The zero-order valence-electron chi connectivity index (χ0n) is 14.8. The quantitative estimate of drug-likeness (QED) is 0.635. The Hall–Kier alpha value is -3.30. The van der Waals surface area contributed by atoms with Gasteiger partial charge in [0, 0.05) is 17.3 Å². The largest absolute Gasteiger partial charge is 0.345 e. The van der Waals surface area contributed by atoms with Crippen LogP contribution in [0, 0.1) is 0 Å². The third-order valence-electron chi connectivity index (χ3n) is 4.68. The van der Waals surface area contributed by atoms with Crippen molar-refractivity contribution < 1.29 is 26.9 Å². The Morgan fingerprint density at radius 3 is 2.69 bits per heavy atom. The summed E-state index contributed by atoms with van der Waals surface area (Å²) in [6.45, 7) is 0. The number of aromatic nitrogens is 3. The molecule has 0 radical (unpaired) electrons. The highest BCUT2D eigenvalue weighted by Crippen LogP contribution is 2.34. The lowest BCUT2D eigenvalue weighted by Gasteiger charge is -2.14. The van der Waals surface area contributed by atoms with E-state index in [-0.39, 0.29) is 17.4 Å². The SMILES string of the molecule is O=C(NC1CCc2cc(-c3noc(C(F)F)n3)ccc21)c1ccnc(C(F)F)c1. The number of carbonyl (C=O) groups is 1. The van der Waals surface area contributed by atoms with E-state index in [9.17, 15) is 22.4 Å². The van der Waals surface area contributed by atoms with Crippen LogP contribution in [0.2, 0.25) is 0 Å². The number of benzene rings is 1. The summed E-state index contributed by atoms with van der Waals surface area (Å²) in [5.74, 6) is -1.16. The van der Waals surface area contributed by atoms with Crippen molar-refractivity contribution in [3.63, 3.8) is 0 Å². The van der Waals surface area contributed by atoms with Gasteiger partial charge in [-0.05, 0) is 42.2 Å². The van der Waals surface area contributed by atoms with E-state index in [4.69, 9.17) is 0 Å². The number of amides is 1. The van der Waals surface area contributed by atoms with E-state index in [2.05, 4.69) is 25.0 Å². The Labute approximate surface area is 162 Å². The van der Waals surface area contributed by atoms with Gasteiger partial charge in [0.05, 0.1) is 6.04 Å². The minimum Gasteiger partial charge on any atom is -0.345 e. The molecule has 1 aromatic carbocycles. The van der Waals surface area contributed by atoms with Crippen molar-refractivity contribution >= 4 is 5.91 Å². The Bertz CT molecular complexity index is 1050. The number of nitrogens with zero attached hydrogens (tertiary/aromatic N) is 3. The van der Waals surface area contributed by atoms with Crippen LogP contribution in [-0.4, -0.2) is 21.0 Å². The number of fused-ring (bicyclic) bond motifs is 1. The molecule has 0 fully saturated rings. The van der Waals surface area contributed by atoms with Crippen LogP contribution in [0.1, 0.15) is 58.4 Å². The van der Waals surface area contributed by atoms with Gasteiger partial charge in [0.25, 0.3) is 18.2 Å². The van der Waals surface area contributed by atoms with Crippen LogP contribution in [0.4, 0.5) is 17.6 Å². The first kappa shape index (κ1) is 19.0. The Kier molecular flexibility index (Phi) is 4.99. The highest BCUT2D eigenvalue weighted by Gasteiger charge is 2.26. The maximum atomic E-state index is 12.8. The van der Waals surface area contributed by atoms with Gasteiger partial charge < -0.3 is 9.84 Å². The second kappa shape index (κ2) is 7.61. The Morgan fingerprint density at radius 2 is 1.97 bits per heavy atom. The number of carbonyl (C=O) groups excluding carboxylic acids is 1. The predicted molar refractivity (Wildman–Crippen MR) is 92.4 cm³/mol. The minimum atomic E-state index is -2.84. The summed E-state index contributed by atoms with van der Waals surface area (Å²) in [4.78, 5) is 19.7. The summed E-state index contributed by atoms with van der Waals surface area (Å²) in [5, 5.41) is 6.39. The molecule has 29 heavy (non-hydrogen) atoms. The smallest absolute Gasteiger partial charge is 0.315 e. The lowest BCUT2D eigenvalue weighted by Crippen LogP contribution is -2.27. The minimum absolute atomic E-state index is 0.0619. The molecule has 3 aromatic rings. The molecule has 4 rings (SSSR count). The number of hydrogen-bond donors (Lipinski definition) is 1. The maximum absolute atomic E-state index is 12.8. The second-order valence-corrected chi connectivity index (χ2v) is 6.51. The van der Waals surface area contributed by atoms with Gasteiger partial charge in [-0.25, -0.2) is 8.78 Å². The van der Waals surface area contributed by atoms with Crippen molar-refractivity contribution in [1.29, 1.82) is 0 Å². The molecule has 6 nitrogen and oxygen atoms in total. The third kappa shape index (κ3) is 3.82. The number of pyridine rings is 1. The Morgan fingerprint density at radius 1 is 1.14 bits per heavy atom. The zero-order valence-corrected chi connectivity index (χ0v) is 14.8. The first-order valence-electron chi connectivity index (χ1n) is 8.72. The molecule has 10 heteroatoms. The molecule has 2 aromatic heterocycles. The topological polar surface area (TPSA) is 80.9 Å². The van der Waals surface area contributed by atoms with E-state index < -0.39 is 30.3 Å². The van der Waals surface area contributed by atoms with Crippen molar-refractivity contribution in [2.24, 2.45) is 0 Å². The molecular weight excluding hydrogens is 392 g/mol. The highest BCUT2D eigenvalue weighted by atomic mass is 19.3. The van der Waals surface area contributed by atoms with E-state index in [0.29, 0.717) is 18.4 Å². The predicted octanol–water partition coefficient (Wildman–Crippen LogP) is 4.42. The van der Waals surface area contributed by atoms with Gasteiger partial charge in [-0.3, -0.25) is 9.78 Å². The summed E-state index contributed by atoms with van der Waals surface area (Å²) >= 11 is 0. The number of aryl methyl sites for hydroxylation is 1. The molecule has 1 amide bonds. The second-order valence-electron chi connectivity index (χ2n) is 6.51. The van der Waals surface area contributed by atoms with Crippen molar-refractivity contribution in [1.82, 2.24) is 20.4 Å². The normalized spacial score (nSPS) is 15.7. The molecule has 0 spiro atoms. The summed E-state index contributed by atoms with van der Waals surface area (Å²) in [5.41, 5.74) is 1.95. The van der Waals surface area contributed by atoms with Gasteiger partial charge in [0.15, 0.2) is 0 Å². The number of alkyl halides is 4. The molecule has 1 aliphatic rings. The third-order valence-corrected chi connectivity index (χ3v) is 4.68. The van der Waals surface area contributed by atoms with Crippen LogP contribution < -0.4 is 5.32 Å². The van der Waals surface area contributed by atoms with Crippen molar-refractivity contribution in [2.75, 3.05) is 0 Å². The summed E-state index contributed by atoms with van der Waals surface area (Å²) in [6, 6.07) is 7.33. The van der Waals surface area contributed by atoms with Gasteiger partial charge in [0.2, 0.25) is 5.82 Å². The Balaban J connectivity index is 1.51. The van der Waals surface area contributed by atoms with Gasteiger partial charge in [0.1, 0.15) is 5.69 Å². The standard InChI is InChI=1S/C19H14F4N4O2/c20-15(21)14-8-11(5-6-24-14)18(28)25-13-4-2-9-7-10(1-3-12(9)13)17-26-19(16(22)23)29-27-17/h1,3,5-8,13,15-16H,2,4H2,(H,25,28). The monoisotopic (exact) mass is 406 g/mol. The van der Waals surface area contributed by atoms with Crippen LogP contribution in [0.15, 0.2) is 41.1 Å². The average Bonchev–Trinajstić information content (AvgIpc) is 3.35. The number of rotatable bonds is 5. The van der Waals surface area contributed by atoms with E-state index >= 15 is 0 Å². The number of nitrogens with one attached hydrogen (secondary N) is 1. The molecule has 0 saturated heterocycles. The van der Waals surface area contributed by atoms with E-state index in [0.717, 1.165) is 17.2 Å². The lowest BCUT2D eigenvalue weighted by atomic mass is 10.0. The van der Waals surface area contributed by atoms with Crippen molar-refractivity contribution in [3.8, 4) is 11.4 Å². The fourth-order valence-corrected chi connectivity index (χ4v) is 3.30. The molecule has 1 atom stereocenters.